The summed E-state index contributed by atoms with van der Waals surface area (Å²) in [5.74, 6) is -0.638. The number of ether oxygens (including phenoxy) is 1. The predicted octanol–water partition coefficient (Wildman–Crippen LogP) is 7.06. The van der Waals surface area contributed by atoms with E-state index in [0.29, 0.717) is 47.8 Å². The van der Waals surface area contributed by atoms with E-state index in [-0.39, 0.29) is 23.9 Å². The second-order valence-electron chi connectivity index (χ2n) is 12.9. The molecule has 0 spiro atoms. The Bertz CT molecular complexity index is 1330. The SMILES string of the molecule is Cc1c(-c2c(C)c(C(=O)CC3CCC(C)CC3)cc(=O)n2C(CC(C)(C)C)C(=O)O)cc(F)c2c1CCCO2. The number of carboxylic acid groups (broad SMARTS) is 1. The van der Waals surface area contributed by atoms with Crippen LogP contribution in [0.4, 0.5) is 4.39 Å². The minimum atomic E-state index is -1.18. The lowest BCUT2D eigenvalue weighted by Gasteiger charge is -2.30. The average Bonchev–Trinajstić information content (AvgIpc) is 2.86. The van der Waals surface area contributed by atoms with E-state index in [0.717, 1.165) is 43.2 Å². The van der Waals surface area contributed by atoms with Crippen LogP contribution in [0.2, 0.25) is 0 Å². The van der Waals surface area contributed by atoms with Crippen LogP contribution in [-0.4, -0.2) is 28.0 Å². The summed E-state index contributed by atoms with van der Waals surface area (Å²) in [5.41, 5.74) is 2.09. The quantitative estimate of drug-likeness (QED) is 0.381. The lowest BCUT2D eigenvalue weighted by Crippen LogP contribution is -2.35. The van der Waals surface area contributed by atoms with Crippen LogP contribution in [0.15, 0.2) is 16.9 Å². The Hall–Kier alpha value is -2.96. The lowest BCUT2D eigenvalue weighted by molar-refractivity contribution is -0.141. The number of hydrogen-bond donors (Lipinski definition) is 1. The van der Waals surface area contributed by atoms with Gasteiger partial charge in [0.25, 0.3) is 5.56 Å². The molecule has 7 heteroatoms. The monoisotopic (exact) mass is 539 g/mol. The summed E-state index contributed by atoms with van der Waals surface area (Å²) in [6.45, 7) is 12.0. The van der Waals surface area contributed by atoms with Crippen molar-refractivity contribution in [1.29, 1.82) is 0 Å². The molecule has 1 aliphatic heterocycles. The summed E-state index contributed by atoms with van der Waals surface area (Å²) in [4.78, 5) is 40.0. The van der Waals surface area contributed by atoms with Crippen LogP contribution in [0.25, 0.3) is 11.3 Å². The van der Waals surface area contributed by atoms with Gasteiger partial charge in [-0.1, -0.05) is 40.5 Å². The molecule has 6 nitrogen and oxygen atoms in total. The van der Waals surface area contributed by atoms with Crippen LogP contribution in [0.5, 0.6) is 5.75 Å². The predicted molar refractivity (Wildman–Crippen MR) is 150 cm³/mol. The summed E-state index contributed by atoms with van der Waals surface area (Å²) < 4.78 is 22.3. The van der Waals surface area contributed by atoms with Gasteiger partial charge in [0, 0.05) is 29.2 Å². The number of benzene rings is 1. The van der Waals surface area contributed by atoms with E-state index in [1.165, 1.54) is 16.7 Å². The van der Waals surface area contributed by atoms with Crippen LogP contribution in [0.1, 0.15) is 106 Å². The zero-order valence-electron chi connectivity index (χ0n) is 24.2. The van der Waals surface area contributed by atoms with Crippen molar-refractivity contribution < 1.29 is 23.8 Å². The fourth-order valence-corrected chi connectivity index (χ4v) is 6.33. The highest BCUT2D eigenvalue weighted by Crippen LogP contribution is 2.41. The minimum Gasteiger partial charge on any atom is -0.490 e. The van der Waals surface area contributed by atoms with Gasteiger partial charge in [-0.25, -0.2) is 9.18 Å². The van der Waals surface area contributed by atoms with Gasteiger partial charge >= 0.3 is 5.97 Å². The van der Waals surface area contributed by atoms with Crippen molar-refractivity contribution in [3.05, 3.63) is 50.6 Å². The van der Waals surface area contributed by atoms with Crippen LogP contribution in [0.3, 0.4) is 0 Å². The number of carboxylic acids is 1. The highest BCUT2D eigenvalue weighted by Gasteiger charge is 2.33. The second-order valence-corrected chi connectivity index (χ2v) is 12.9. The van der Waals surface area contributed by atoms with E-state index in [4.69, 9.17) is 4.74 Å². The lowest BCUT2D eigenvalue weighted by atomic mass is 9.79. The minimum absolute atomic E-state index is 0.111. The van der Waals surface area contributed by atoms with E-state index < -0.39 is 28.8 Å². The number of aliphatic carboxylic acids is 1. The first kappa shape index (κ1) is 29.0. The summed E-state index contributed by atoms with van der Waals surface area (Å²) in [5, 5.41) is 10.3. The average molecular weight is 540 g/mol. The van der Waals surface area contributed by atoms with Crippen LogP contribution < -0.4 is 10.3 Å². The first-order valence-electron chi connectivity index (χ1n) is 14.3. The number of Topliss-reactive ketones (excluding diaryl/α,β-unsaturated/α-hetero) is 1. The highest BCUT2D eigenvalue weighted by molar-refractivity contribution is 5.99. The van der Waals surface area contributed by atoms with Gasteiger partial charge in [0.1, 0.15) is 6.04 Å². The first-order valence-corrected chi connectivity index (χ1v) is 14.3. The molecular formula is C32H42FNO5. The molecule has 212 valence electrons. The van der Waals surface area contributed by atoms with Crippen molar-refractivity contribution in [3.8, 4) is 17.0 Å². The third kappa shape index (κ3) is 6.12. The third-order valence-corrected chi connectivity index (χ3v) is 8.51. The number of aromatic nitrogens is 1. The molecule has 0 saturated heterocycles. The first-order chi connectivity index (χ1) is 18.3. The topological polar surface area (TPSA) is 85.6 Å². The number of nitrogens with zero attached hydrogens (tertiary/aromatic N) is 1. The molecule has 0 radical (unpaired) electrons. The van der Waals surface area contributed by atoms with Crippen molar-refractivity contribution in [3.63, 3.8) is 0 Å². The van der Waals surface area contributed by atoms with Gasteiger partial charge in [-0.05, 0) is 80.4 Å². The molecule has 1 fully saturated rings. The molecule has 1 atom stereocenters. The van der Waals surface area contributed by atoms with Crippen molar-refractivity contribution >= 4 is 11.8 Å². The number of ketones is 1. The van der Waals surface area contributed by atoms with Gasteiger partial charge in [-0.2, -0.15) is 0 Å². The van der Waals surface area contributed by atoms with Gasteiger partial charge in [0.05, 0.1) is 12.3 Å². The number of rotatable bonds is 7. The molecule has 1 saturated carbocycles. The normalized spacial score (nSPS) is 20.2. The maximum absolute atomic E-state index is 15.4. The van der Waals surface area contributed by atoms with Crippen molar-refractivity contribution in [2.45, 2.75) is 99.0 Å². The Morgan fingerprint density at radius 2 is 1.79 bits per heavy atom. The zero-order chi connectivity index (χ0) is 28.6. The Labute approximate surface area is 230 Å². The fourth-order valence-electron chi connectivity index (χ4n) is 6.33. The molecule has 1 N–H and O–H groups in total. The highest BCUT2D eigenvalue weighted by atomic mass is 19.1. The molecule has 1 aromatic heterocycles. The van der Waals surface area contributed by atoms with Crippen molar-refractivity contribution in [2.75, 3.05) is 6.61 Å². The van der Waals surface area contributed by atoms with Gasteiger partial charge in [0.2, 0.25) is 0 Å². The van der Waals surface area contributed by atoms with Gasteiger partial charge in [0.15, 0.2) is 17.3 Å². The van der Waals surface area contributed by atoms with Crippen LogP contribution >= 0.6 is 0 Å². The van der Waals surface area contributed by atoms with E-state index in [1.807, 2.05) is 27.7 Å². The number of fused-ring (bicyclic) bond motifs is 1. The van der Waals surface area contributed by atoms with Gasteiger partial charge in [-0.3, -0.25) is 14.2 Å². The van der Waals surface area contributed by atoms with Crippen molar-refractivity contribution in [1.82, 2.24) is 4.57 Å². The van der Waals surface area contributed by atoms with Gasteiger partial charge in [-0.15, -0.1) is 0 Å². The molecule has 0 amide bonds. The standard InChI is InChI=1S/C32H42FNO5/c1-18-9-11-21(12-10-18)14-27(35)23-16-28(36)34(26(31(37)38)17-32(4,5)6)29(20(23)3)24-15-25(33)30-22(19(24)2)8-7-13-39-30/h15-16,18,21,26H,7-14,17H2,1-6H3,(H,37,38). The number of carbonyl (C=O) groups excluding carboxylic acids is 1. The van der Waals surface area contributed by atoms with E-state index in [1.54, 1.807) is 6.92 Å². The number of hydrogen-bond acceptors (Lipinski definition) is 4. The maximum atomic E-state index is 15.4. The summed E-state index contributed by atoms with van der Waals surface area (Å²) in [7, 11) is 0. The molecule has 0 bridgehead atoms. The Balaban J connectivity index is 1.93. The Kier molecular flexibility index (Phi) is 8.38. The zero-order valence-corrected chi connectivity index (χ0v) is 24.2. The largest absolute Gasteiger partial charge is 0.490 e. The van der Waals surface area contributed by atoms with E-state index in [9.17, 15) is 19.5 Å². The molecule has 2 heterocycles. The summed E-state index contributed by atoms with van der Waals surface area (Å²) in [6, 6.07) is 1.47. The molecular weight excluding hydrogens is 497 g/mol. The number of halogens is 1. The summed E-state index contributed by atoms with van der Waals surface area (Å²) >= 11 is 0. The summed E-state index contributed by atoms with van der Waals surface area (Å²) in [6.07, 6.45) is 6.06. The van der Waals surface area contributed by atoms with Gasteiger partial charge < -0.3 is 9.84 Å². The Morgan fingerprint density at radius 3 is 2.41 bits per heavy atom. The molecule has 1 aliphatic carbocycles. The molecule has 1 unspecified atom stereocenters. The van der Waals surface area contributed by atoms with E-state index >= 15 is 4.39 Å². The molecule has 2 aliphatic rings. The number of carbonyl (C=O) groups is 2. The second kappa shape index (κ2) is 11.3. The van der Waals surface area contributed by atoms with Crippen LogP contribution in [-0.2, 0) is 11.2 Å². The third-order valence-electron chi connectivity index (χ3n) is 8.51. The molecule has 4 rings (SSSR count). The maximum Gasteiger partial charge on any atom is 0.326 e. The molecule has 39 heavy (non-hydrogen) atoms. The smallest absolute Gasteiger partial charge is 0.326 e. The number of pyridine rings is 1. The van der Waals surface area contributed by atoms with Crippen LogP contribution in [0, 0.1) is 36.9 Å². The van der Waals surface area contributed by atoms with E-state index in [2.05, 4.69) is 6.92 Å². The Morgan fingerprint density at radius 1 is 1.13 bits per heavy atom. The fraction of sp³-hybridized carbons (Fsp3) is 0.594. The molecule has 2 aromatic rings. The molecule has 1 aromatic carbocycles. The van der Waals surface area contributed by atoms with Crippen molar-refractivity contribution in [2.24, 2.45) is 17.3 Å².